The molecular formula is C16H23NO3. The Hall–Kier alpha value is -1.55. The van der Waals surface area contributed by atoms with Gasteiger partial charge < -0.3 is 15.2 Å². The molecule has 1 aliphatic carbocycles. The Morgan fingerprint density at radius 3 is 2.30 bits per heavy atom. The van der Waals surface area contributed by atoms with Crippen molar-refractivity contribution >= 4 is 6.09 Å². The quantitative estimate of drug-likeness (QED) is 0.873. The topological polar surface area (TPSA) is 58.6 Å². The minimum Gasteiger partial charge on any atom is -0.446 e. The molecule has 0 aromatic heterocycles. The summed E-state index contributed by atoms with van der Waals surface area (Å²) in [5, 5.41) is 12.9. The van der Waals surface area contributed by atoms with Crippen molar-refractivity contribution in [3.63, 3.8) is 0 Å². The highest BCUT2D eigenvalue weighted by molar-refractivity contribution is 5.67. The predicted molar refractivity (Wildman–Crippen MR) is 77.6 cm³/mol. The number of hydrogen-bond donors (Lipinski definition) is 2. The van der Waals surface area contributed by atoms with Crippen LogP contribution in [0.15, 0.2) is 24.3 Å². The molecule has 0 heterocycles. The Labute approximate surface area is 120 Å². The Morgan fingerprint density at radius 1 is 1.30 bits per heavy atom. The van der Waals surface area contributed by atoms with E-state index in [1.807, 2.05) is 12.1 Å². The molecule has 1 amide bonds. The number of rotatable bonds is 2. The third-order valence-corrected chi connectivity index (χ3v) is 3.90. The lowest BCUT2D eigenvalue weighted by molar-refractivity contribution is -0.121. The van der Waals surface area contributed by atoms with E-state index in [1.54, 1.807) is 0 Å². The first-order valence-corrected chi connectivity index (χ1v) is 6.96. The molecule has 20 heavy (non-hydrogen) atoms. The smallest absolute Gasteiger partial charge is 0.407 e. The van der Waals surface area contributed by atoms with E-state index in [2.05, 4.69) is 38.2 Å². The van der Waals surface area contributed by atoms with Crippen LogP contribution in [0.25, 0.3) is 0 Å². The Bertz CT molecular complexity index is 481. The van der Waals surface area contributed by atoms with Gasteiger partial charge in [-0.1, -0.05) is 45.0 Å². The van der Waals surface area contributed by atoms with E-state index in [0.717, 1.165) is 5.56 Å². The van der Waals surface area contributed by atoms with Crippen LogP contribution in [-0.4, -0.2) is 24.4 Å². The number of ether oxygens (including phenoxy) is 1. The van der Waals surface area contributed by atoms with Crippen LogP contribution in [0.2, 0.25) is 0 Å². The first-order chi connectivity index (χ1) is 9.24. The summed E-state index contributed by atoms with van der Waals surface area (Å²) in [4.78, 5) is 11.1. The maximum absolute atomic E-state index is 11.1. The summed E-state index contributed by atoms with van der Waals surface area (Å²) in [6.07, 6.45) is 0.257. The van der Waals surface area contributed by atoms with Gasteiger partial charge in [0.25, 0.3) is 0 Å². The van der Waals surface area contributed by atoms with Gasteiger partial charge in [0, 0.05) is 19.9 Å². The van der Waals surface area contributed by atoms with Crippen LogP contribution in [0.4, 0.5) is 4.79 Å². The predicted octanol–water partition coefficient (Wildman–Crippen LogP) is 2.69. The third-order valence-electron chi connectivity index (χ3n) is 3.90. The second-order valence-corrected chi connectivity index (χ2v) is 6.54. The molecule has 4 heteroatoms. The summed E-state index contributed by atoms with van der Waals surface area (Å²) < 4.78 is 5.12. The van der Waals surface area contributed by atoms with Crippen LogP contribution >= 0.6 is 0 Å². The van der Waals surface area contributed by atoms with E-state index in [9.17, 15) is 9.90 Å². The molecule has 0 unspecified atom stereocenters. The monoisotopic (exact) mass is 277 g/mol. The molecule has 110 valence electrons. The molecule has 0 radical (unpaired) electrons. The molecule has 1 aliphatic rings. The van der Waals surface area contributed by atoms with Crippen molar-refractivity contribution < 1.29 is 14.6 Å². The van der Waals surface area contributed by atoms with Crippen LogP contribution in [0.5, 0.6) is 0 Å². The second kappa shape index (κ2) is 5.09. The molecule has 0 saturated heterocycles. The first-order valence-electron chi connectivity index (χ1n) is 6.96. The van der Waals surface area contributed by atoms with Gasteiger partial charge in [0.2, 0.25) is 0 Å². The minimum absolute atomic E-state index is 0.103. The Kier molecular flexibility index (Phi) is 3.78. The van der Waals surface area contributed by atoms with Crippen molar-refractivity contribution in [3.8, 4) is 0 Å². The summed E-state index contributed by atoms with van der Waals surface area (Å²) in [6, 6.07) is 8.05. The second-order valence-electron chi connectivity index (χ2n) is 6.54. The van der Waals surface area contributed by atoms with Gasteiger partial charge in [0.15, 0.2) is 0 Å². The van der Waals surface area contributed by atoms with Gasteiger partial charge in [-0.25, -0.2) is 4.79 Å². The summed E-state index contributed by atoms with van der Waals surface area (Å²) >= 11 is 0. The number of hydrogen-bond acceptors (Lipinski definition) is 3. The minimum atomic E-state index is -0.866. The van der Waals surface area contributed by atoms with E-state index >= 15 is 0 Å². The molecule has 0 atom stereocenters. The summed E-state index contributed by atoms with van der Waals surface area (Å²) in [7, 11) is 1.53. The van der Waals surface area contributed by atoms with Crippen LogP contribution < -0.4 is 5.32 Å². The highest BCUT2D eigenvalue weighted by Crippen LogP contribution is 2.43. The van der Waals surface area contributed by atoms with Crippen molar-refractivity contribution in [2.45, 2.75) is 50.7 Å². The van der Waals surface area contributed by atoms with Crippen LogP contribution in [0.1, 0.15) is 44.7 Å². The molecule has 1 saturated carbocycles. The lowest BCUT2D eigenvalue weighted by Gasteiger charge is -2.43. The molecule has 1 aromatic carbocycles. The zero-order valence-electron chi connectivity index (χ0n) is 12.6. The van der Waals surface area contributed by atoms with Crippen molar-refractivity contribution in [2.75, 3.05) is 7.05 Å². The summed E-state index contributed by atoms with van der Waals surface area (Å²) in [5.41, 5.74) is 1.37. The SMILES string of the molecule is CNC(=O)OC1CC(O)(c2ccc(C(C)(C)C)cc2)C1. The standard InChI is InChI=1S/C16H23NO3/c1-15(2,3)11-5-7-12(8-6-11)16(19)9-13(10-16)20-14(18)17-4/h5-8,13,19H,9-10H2,1-4H3,(H,17,18). The fourth-order valence-corrected chi connectivity index (χ4v) is 2.50. The molecule has 0 aliphatic heterocycles. The molecule has 4 nitrogen and oxygen atoms in total. The first kappa shape index (κ1) is 14.9. The molecule has 2 N–H and O–H groups in total. The molecule has 1 aromatic rings. The van der Waals surface area contributed by atoms with Crippen LogP contribution in [-0.2, 0) is 15.8 Å². The highest BCUT2D eigenvalue weighted by Gasteiger charge is 2.46. The average Bonchev–Trinajstić information content (AvgIpc) is 2.35. The Balaban J connectivity index is 2.01. The number of amides is 1. The van der Waals surface area contributed by atoms with Gasteiger partial charge in [-0.2, -0.15) is 0 Å². The van der Waals surface area contributed by atoms with E-state index in [4.69, 9.17) is 4.74 Å². The van der Waals surface area contributed by atoms with Crippen molar-refractivity contribution in [1.82, 2.24) is 5.32 Å². The number of aliphatic hydroxyl groups is 1. The van der Waals surface area contributed by atoms with E-state index in [0.29, 0.717) is 12.8 Å². The number of carbonyl (C=O) groups excluding carboxylic acids is 1. The number of alkyl carbamates (subject to hydrolysis) is 1. The largest absolute Gasteiger partial charge is 0.446 e. The van der Waals surface area contributed by atoms with E-state index in [1.165, 1.54) is 12.6 Å². The van der Waals surface area contributed by atoms with Gasteiger partial charge in [-0.3, -0.25) is 0 Å². The van der Waals surface area contributed by atoms with Gasteiger partial charge in [0.1, 0.15) is 6.10 Å². The van der Waals surface area contributed by atoms with E-state index < -0.39 is 11.7 Å². The van der Waals surface area contributed by atoms with Crippen molar-refractivity contribution in [1.29, 1.82) is 0 Å². The van der Waals surface area contributed by atoms with Crippen molar-refractivity contribution in [2.24, 2.45) is 0 Å². The van der Waals surface area contributed by atoms with Crippen LogP contribution in [0, 0.1) is 0 Å². The summed E-state index contributed by atoms with van der Waals surface area (Å²) in [6.45, 7) is 6.48. The lowest BCUT2D eigenvalue weighted by Crippen LogP contribution is -2.47. The normalized spacial score (nSPS) is 25.8. The van der Waals surface area contributed by atoms with Gasteiger partial charge in [-0.15, -0.1) is 0 Å². The third kappa shape index (κ3) is 2.96. The number of carbonyl (C=O) groups is 1. The van der Waals surface area contributed by atoms with E-state index in [-0.39, 0.29) is 11.5 Å². The fraction of sp³-hybridized carbons (Fsp3) is 0.562. The maximum atomic E-state index is 11.1. The van der Waals surface area contributed by atoms with Crippen LogP contribution in [0.3, 0.4) is 0 Å². The molecule has 0 bridgehead atoms. The molecule has 2 rings (SSSR count). The average molecular weight is 277 g/mol. The maximum Gasteiger partial charge on any atom is 0.407 e. The zero-order chi connectivity index (χ0) is 15.0. The van der Waals surface area contributed by atoms with Gasteiger partial charge in [-0.05, 0) is 16.5 Å². The van der Waals surface area contributed by atoms with Crippen molar-refractivity contribution in [3.05, 3.63) is 35.4 Å². The number of nitrogens with one attached hydrogen (secondary N) is 1. The van der Waals surface area contributed by atoms with Gasteiger partial charge >= 0.3 is 6.09 Å². The fourth-order valence-electron chi connectivity index (χ4n) is 2.50. The molecular weight excluding hydrogens is 254 g/mol. The lowest BCUT2D eigenvalue weighted by atomic mass is 9.72. The number of benzene rings is 1. The van der Waals surface area contributed by atoms with Gasteiger partial charge in [0.05, 0.1) is 5.60 Å². The molecule has 0 spiro atoms. The Morgan fingerprint density at radius 2 is 1.85 bits per heavy atom. The molecule has 1 fully saturated rings. The highest BCUT2D eigenvalue weighted by atomic mass is 16.6. The zero-order valence-corrected chi connectivity index (χ0v) is 12.6. The summed E-state index contributed by atoms with van der Waals surface area (Å²) in [5.74, 6) is 0.